The van der Waals surface area contributed by atoms with Crippen molar-refractivity contribution >= 4 is 17.3 Å². The fourth-order valence-electron chi connectivity index (χ4n) is 2.25. The average molecular weight is 364 g/mol. The summed E-state index contributed by atoms with van der Waals surface area (Å²) in [6.07, 6.45) is 0.679. The van der Waals surface area contributed by atoms with Crippen LogP contribution in [-0.2, 0) is 11.8 Å². The molecule has 0 fully saturated rings. The second kappa shape index (κ2) is 8.99. The second-order valence-corrected chi connectivity index (χ2v) is 7.88. The highest BCUT2D eigenvalue weighted by atomic mass is 32.1. The van der Waals surface area contributed by atoms with E-state index in [4.69, 9.17) is 9.52 Å². The van der Waals surface area contributed by atoms with Gasteiger partial charge in [-0.15, -0.1) is 11.3 Å². The molecular formula is C18H29N5OS. The van der Waals surface area contributed by atoms with Crippen LogP contribution in [0.15, 0.2) is 27.0 Å². The topological polar surface area (TPSA) is 75.3 Å². The van der Waals surface area contributed by atoms with Gasteiger partial charge in [-0.2, -0.15) is 4.98 Å². The average Bonchev–Trinajstić information content (AvgIpc) is 3.24. The lowest BCUT2D eigenvalue weighted by Gasteiger charge is -2.21. The molecule has 0 aliphatic carbocycles. The number of hydrogen-bond acceptors (Lipinski definition) is 5. The summed E-state index contributed by atoms with van der Waals surface area (Å²) < 4.78 is 5.27. The number of aromatic nitrogens is 2. The van der Waals surface area contributed by atoms with Crippen molar-refractivity contribution in [2.75, 3.05) is 19.6 Å². The first-order valence-electron chi connectivity index (χ1n) is 8.81. The van der Waals surface area contributed by atoms with Crippen molar-refractivity contribution in [3.63, 3.8) is 0 Å². The lowest BCUT2D eigenvalue weighted by molar-refractivity contribution is 0.371. The number of hydrogen-bond donors (Lipinski definition) is 2. The standard InChI is InChI=1S/C18H29N5OS/c1-6-19-17(21-12-18(4,5)14-8-7-11-25-14)20-10-9-15-22-16(13(2)3)23-24-15/h7-8,11,13H,6,9-10,12H2,1-5H3,(H2,19,20,21). The van der Waals surface area contributed by atoms with E-state index in [1.54, 1.807) is 11.3 Å². The Kier molecular flexibility index (Phi) is 6.99. The van der Waals surface area contributed by atoms with Gasteiger partial charge in [0.1, 0.15) is 0 Å². The molecule has 2 N–H and O–H groups in total. The molecule has 2 heterocycles. The van der Waals surface area contributed by atoms with E-state index in [2.05, 4.69) is 72.9 Å². The number of thiophene rings is 1. The summed E-state index contributed by atoms with van der Waals surface area (Å²) in [5.74, 6) is 2.51. The van der Waals surface area contributed by atoms with Gasteiger partial charge < -0.3 is 15.2 Å². The van der Waals surface area contributed by atoms with E-state index < -0.39 is 0 Å². The van der Waals surface area contributed by atoms with Crippen molar-refractivity contribution in [3.05, 3.63) is 34.1 Å². The van der Waals surface area contributed by atoms with E-state index in [1.165, 1.54) is 4.88 Å². The zero-order valence-corrected chi connectivity index (χ0v) is 16.6. The maximum absolute atomic E-state index is 5.27. The highest BCUT2D eigenvalue weighted by molar-refractivity contribution is 7.10. The highest BCUT2D eigenvalue weighted by Gasteiger charge is 2.21. The normalized spacial score (nSPS) is 12.6. The third kappa shape index (κ3) is 5.85. The van der Waals surface area contributed by atoms with Crippen LogP contribution in [0.3, 0.4) is 0 Å². The highest BCUT2D eigenvalue weighted by Crippen LogP contribution is 2.27. The minimum atomic E-state index is 0.0230. The van der Waals surface area contributed by atoms with Gasteiger partial charge in [0.25, 0.3) is 0 Å². The molecule has 0 atom stereocenters. The van der Waals surface area contributed by atoms with Crippen molar-refractivity contribution in [3.8, 4) is 0 Å². The maximum Gasteiger partial charge on any atom is 0.228 e. The summed E-state index contributed by atoms with van der Waals surface area (Å²) >= 11 is 1.78. The molecule has 0 saturated heterocycles. The predicted molar refractivity (Wildman–Crippen MR) is 103 cm³/mol. The molecule has 0 aromatic carbocycles. The Balaban J connectivity index is 1.89. The Labute approximate surface area is 154 Å². The monoisotopic (exact) mass is 363 g/mol. The summed E-state index contributed by atoms with van der Waals surface area (Å²) in [7, 11) is 0. The molecule has 0 bridgehead atoms. The molecule has 2 rings (SSSR count). The predicted octanol–water partition coefficient (Wildman–Crippen LogP) is 3.33. The molecular weight excluding hydrogens is 334 g/mol. The van der Waals surface area contributed by atoms with Crippen molar-refractivity contribution in [2.45, 2.75) is 52.4 Å². The molecule has 0 aliphatic heterocycles. The first kappa shape index (κ1) is 19.4. The summed E-state index contributed by atoms with van der Waals surface area (Å²) in [4.78, 5) is 10.5. The van der Waals surface area contributed by atoms with E-state index >= 15 is 0 Å². The lowest BCUT2D eigenvalue weighted by atomic mass is 9.92. The van der Waals surface area contributed by atoms with Gasteiger partial charge >= 0.3 is 0 Å². The first-order chi connectivity index (χ1) is 11.9. The Bertz CT molecular complexity index is 661. The van der Waals surface area contributed by atoms with Crippen molar-refractivity contribution < 1.29 is 4.52 Å². The minimum Gasteiger partial charge on any atom is -0.357 e. The van der Waals surface area contributed by atoms with Gasteiger partial charge in [0.05, 0.1) is 6.54 Å². The van der Waals surface area contributed by atoms with Crippen LogP contribution in [0.25, 0.3) is 0 Å². The minimum absolute atomic E-state index is 0.0230. The quantitative estimate of drug-likeness (QED) is 0.556. The Morgan fingerprint density at radius 3 is 2.76 bits per heavy atom. The third-order valence-corrected chi connectivity index (χ3v) is 5.03. The van der Waals surface area contributed by atoms with Crippen molar-refractivity contribution in [1.29, 1.82) is 0 Å². The molecule has 0 aliphatic rings. The number of nitrogens with one attached hydrogen (secondary N) is 2. The Hall–Kier alpha value is -1.89. The van der Waals surface area contributed by atoms with Crippen LogP contribution in [0.2, 0.25) is 0 Å². The molecule has 25 heavy (non-hydrogen) atoms. The summed E-state index contributed by atoms with van der Waals surface area (Å²) in [5.41, 5.74) is 0.0230. The number of guanidine groups is 1. The van der Waals surface area contributed by atoms with Crippen LogP contribution in [0.4, 0.5) is 0 Å². The van der Waals surface area contributed by atoms with E-state index in [0.29, 0.717) is 18.9 Å². The van der Waals surface area contributed by atoms with Crippen LogP contribution in [0, 0.1) is 0 Å². The number of rotatable bonds is 8. The molecule has 0 saturated carbocycles. The lowest BCUT2D eigenvalue weighted by Crippen LogP contribution is -2.39. The molecule has 138 valence electrons. The maximum atomic E-state index is 5.27. The van der Waals surface area contributed by atoms with Gasteiger partial charge in [-0.3, -0.25) is 4.99 Å². The molecule has 6 nitrogen and oxygen atoms in total. The smallest absolute Gasteiger partial charge is 0.228 e. The third-order valence-electron chi connectivity index (χ3n) is 3.80. The van der Waals surface area contributed by atoms with Crippen LogP contribution >= 0.6 is 11.3 Å². The molecule has 0 unspecified atom stereocenters. The Morgan fingerprint density at radius 2 is 2.16 bits per heavy atom. The number of aliphatic imine (C=N–C) groups is 1. The summed E-state index contributed by atoms with van der Waals surface area (Å²) in [6.45, 7) is 12.9. The van der Waals surface area contributed by atoms with Crippen LogP contribution in [0.1, 0.15) is 57.1 Å². The zero-order chi connectivity index (χ0) is 18.3. The summed E-state index contributed by atoms with van der Waals surface area (Å²) in [5, 5.41) is 12.7. The van der Waals surface area contributed by atoms with Crippen LogP contribution < -0.4 is 10.6 Å². The van der Waals surface area contributed by atoms with Gasteiger partial charge in [0.2, 0.25) is 5.89 Å². The fourth-order valence-corrected chi connectivity index (χ4v) is 3.10. The molecule has 2 aromatic rings. The van der Waals surface area contributed by atoms with Gasteiger partial charge in [-0.1, -0.05) is 38.9 Å². The van der Waals surface area contributed by atoms with E-state index in [1.807, 2.05) is 0 Å². The molecule has 0 spiro atoms. The van der Waals surface area contributed by atoms with Crippen LogP contribution in [-0.4, -0.2) is 35.7 Å². The molecule has 2 aromatic heterocycles. The molecule has 7 heteroatoms. The Morgan fingerprint density at radius 1 is 1.36 bits per heavy atom. The van der Waals surface area contributed by atoms with Crippen molar-refractivity contribution in [1.82, 2.24) is 20.8 Å². The molecule has 0 radical (unpaired) electrons. The van der Waals surface area contributed by atoms with E-state index in [-0.39, 0.29) is 11.3 Å². The number of nitrogens with zero attached hydrogens (tertiary/aromatic N) is 3. The van der Waals surface area contributed by atoms with E-state index in [0.717, 1.165) is 24.9 Å². The summed E-state index contributed by atoms with van der Waals surface area (Å²) in [6, 6.07) is 4.26. The van der Waals surface area contributed by atoms with Gasteiger partial charge in [0, 0.05) is 35.7 Å². The van der Waals surface area contributed by atoms with Crippen molar-refractivity contribution in [2.24, 2.45) is 4.99 Å². The second-order valence-electron chi connectivity index (χ2n) is 6.93. The van der Waals surface area contributed by atoms with Gasteiger partial charge in [0.15, 0.2) is 11.8 Å². The van der Waals surface area contributed by atoms with Gasteiger partial charge in [-0.25, -0.2) is 0 Å². The first-order valence-corrected chi connectivity index (χ1v) is 9.69. The largest absolute Gasteiger partial charge is 0.357 e. The molecule has 0 amide bonds. The van der Waals surface area contributed by atoms with Crippen LogP contribution in [0.5, 0.6) is 0 Å². The fraction of sp³-hybridized carbons (Fsp3) is 0.611. The SMILES string of the molecule is CCNC(=NCC(C)(C)c1cccs1)NCCc1nc(C(C)C)no1. The van der Waals surface area contributed by atoms with E-state index in [9.17, 15) is 0 Å². The van der Waals surface area contributed by atoms with Gasteiger partial charge in [-0.05, 0) is 18.4 Å². The zero-order valence-electron chi connectivity index (χ0n) is 15.8.